The third kappa shape index (κ3) is 3.48. The summed E-state index contributed by atoms with van der Waals surface area (Å²) in [6, 6.07) is 7.09. The number of ether oxygens (including phenoxy) is 2. The number of carbonyl (C=O) groups is 2. The fourth-order valence-corrected chi connectivity index (χ4v) is 4.22. The molecule has 1 aromatic heterocycles. The quantitative estimate of drug-likeness (QED) is 0.847. The monoisotopic (exact) mass is 398 g/mol. The summed E-state index contributed by atoms with van der Waals surface area (Å²) < 4.78 is 13.2. The second-order valence-corrected chi connectivity index (χ2v) is 7.43. The van der Waals surface area contributed by atoms with Crippen molar-refractivity contribution in [1.82, 2.24) is 20.0 Å². The number of para-hydroxylation sites is 1. The topological polar surface area (TPSA) is 85.7 Å². The van der Waals surface area contributed by atoms with Gasteiger partial charge in [-0.25, -0.2) is 0 Å². The molecule has 8 nitrogen and oxygen atoms in total. The summed E-state index contributed by atoms with van der Waals surface area (Å²) >= 11 is 0. The standard InChI is InChI=1S/C21H26N4O4/c1-4-25-17(26)12-29-20(18(25)16-8-10-22-24(16)3)21(27)23-15-9-11-28-19-13(2)6-5-7-14(15)19/h5-8,10,15,18,20H,4,9,11-12H2,1-3H3,(H,23,27)/t15-,18-,20+/m1/s1. The molecule has 2 aliphatic rings. The first-order valence-electron chi connectivity index (χ1n) is 9.93. The number of nitrogens with one attached hydrogen (secondary N) is 1. The number of likely N-dealkylation sites (N-methyl/N-ethyl adjacent to an activating group) is 1. The van der Waals surface area contributed by atoms with Crippen molar-refractivity contribution in [3.63, 3.8) is 0 Å². The van der Waals surface area contributed by atoms with Gasteiger partial charge < -0.3 is 19.7 Å². The number of fused-ring (bicyclic) bond motifs is 1. The summed E-state index contributed by atoms with van der Waals surface area (Å²) in [4.78, 5) is 27.4. The molecule has 0 aliphatic carbocycles. The van der Waals surface area contributed by atoms with Crippen LogP contribution in [0.3, 0.4) is 0 Å². The molecule has 29 heavy (non-hydrogen) atoms. The highest BCUT2D eigenvalue weighted by Crippen LogP contribution is 2.36. The molecule has 2 aliphatic heterocycles. The van der Waals surface area contributed by atoms with Crippen LogP contribution in [0.15, 0.2) is 30.5 Å². The van der Waals surface area contributed by atoms with E-state index in [1.54, 1.807) is 22.8 Å². The first-order valence-corrected chi connectivity index (χ1v) is 9.93. The molecule has 1 saturated heterocycles. The lowest BCUT2D eigenvalue weighted by Gasteiger charge is -2.40. The lowest BCUT2D eigenvalue weighted by molar-refractivity contribution is -0.164. The molecule has 0 spiro atoms. The van der Waals surface area contributed by atoms with Gasteiger partial charge in [-0.3, -0.25) is 14.3 Å². The van der Waals surface area contributed by atoms with E-state index < -0.39 is 12.1 Å². The van der Waals surface area contributed by atoms with E-state index in [9.17, 15) is 9.59 Å². The van der Waals surface area contributed by atoms with Crippen LogP contribution in [0.4, 0.5) is 0 Å². The van der Waals surface area contributed by atoms with Gasteiger partial charge in [0.15, 0.2) is 6.10 Å². The Balaban J connectivity index is 1.62. The summed E-state index contributed by atoms with van der Waals surface area (Å²) in [6.45, 7) is 4.82. The van der Waals surface area contributed by atoms with Crippen LogP contribution < -0.4 is 10.1 Å². The van der Waals surface area contributed by atoms with Crippen molar-refractivity contribution < 1.29 is 19.1 Å². The third-order valence-corrected chi connectivity index (χ3v) is 5.68. The number of aryl methyl sites for hydroxylation is 2. The number of hydrogen-bond donors (Lipinski definition) is 1. The fourth-order valence-electron chi connectivity index (χ4n) is 4.22. The minimum absolute atomic E-state index is 0.107. The molecule has 3 heterocycles. The van der Waals surface area contributed by atoms with Crippen LogP contribution in [0, 0.1) is 6.92 Å². The zero-order chi connectivity index (χ0) is 20.5. The van der Waals surface area contributed by atoms with Gasteiger partial charge in [0.2, 0.25) is 5.91 Å². The molecule has 0 bridgehead atoms. The first-order chi connectivity index (χ1) is 14.0. The van der Waals surface area contributed by atoms with Crippen molar-refractivity contribution in [3.8, 4) is 5.75 Å². The zero-order valence-corrected chi connectivity index (χ0v) is 16.9. The number of carbonyl (C=O) groups excluding carboxylic acids is 2. The molecule has 1 fully saturated rings. The summed E-state index contributed by atoms with van der Waals surface area (Å²) in [6.07, 6.45) is 1.54. The molecule has 1 N–H and O–H groups in total. The minimum Gasteiger partial charge on any atom is -0.493 e. The van der Waals surface area contributed by atoms with Crippen molar-refractivity contribution >= 4 is 11.8 Å². The fraction of sp³-hybridized carbons (Fsp3) is 0.476. The Kier molecular flexibility index (Phi) is 5.27. The summed E-state index contributed by atoms with van der Waals surface area (Å²) in [5.74, 6) is 0.471. The minimum atomic E-state index is -0.806. The number of rotatable bonds is 4. The molecule has 3 atom stereocenters. The Morgan fingerprint density at radius 1 is 1.34 bits per heavy atom. The maximum Gasteiger partial charge on any atom is 0.252 e. The lowest BCUT2D eigenvalue weighted by atomic mass is 9.96. The van der Waals surface area contributed by atoms with Gasteiger partial charge in [-0.05, 0) is 25.5 Å². The van der Waals surface area contributed by atoms with Gasteiger partial charge in [0.05, 0.1) is 18.3 Å². The van der Waals surface area contributed by atoms with Crippen molar-refractivity contribution in [1.29, 1.82) is 0 Å². The molecule has 4 rings (SSSR count). The second kappa shape index (κ2) is 7.87. The Morgan fingerprint density at radius 3 is 2.90 bits per heavy atom. The van der Waals surface area contributed by atoms with E-state index in [4.69, 9.17) is 9.47 Å². The molecule has 2 amide bonds. The molecule has 154 valence electrons. The van der Waals surface area contributed by atoms with Crippen molar-refractivity contribution in [2.75, 3.05) is 19.8 Å². The highest BCUT2D eigenvalue weighted by atomic mass is 16.5. The van der Waals surface area contributed by atoms with Crippen molar-refractivity contribution in [2.24, 2.45) is 7.05 Å². The molecule has 0 radical (unpaired) electrons. The Morgan fingerprint density at radius 2 is 2.17 bits per heavy atom. The second-order valence-electron chi connectivity index (χ2n) is 7.43. The molecule has 0 unspecified atom stereocenters. The smallest absolute Gasteiger partial charge is 0.252 e. The number of nitrogens with zero attached hydrogens (tertiary/aromatic N) is 3. The van der Waals surface area contributed by atoms with Crippen LogP contribution in [-0.4, -0.2) is 52.4 Å². The molecule has 2 aromatic rings. The van der Waals surface area contributed by atoms with Gasteiger partial charge >= 0.3 is 0 Å². The van der Waals surface area contributed by atoms with Crippen molar-refractivity contribution in [2.45, 2.75) is 38.5 Å². The van der Waals surface area contributed by atoms with Crippen LogP contribution in [-0.2, 0) is 21.4 Å². The molecule has 0 saturated carbocycles. The summed E-state index contributed by atoms with van der Waals surface area (Å²) in [5.41, 5.74) is 2.79. The first kappa shape index (κ1) is 19.4. The van der Waals surface area contributed by atoms with Crippen LogP contribution >= 0.6 is 0 Å². The van der Waals surface area contributed by atoms with Gasteiger partial charge in [-0.15, -0.1) is 0 Å². The van der Waals surface area contributed by atoms with Crippen molar-refractivity contribution in [3.05, 3.63) is 47.3 Å². The predicted molar refractivity (Wildman–Crippen MR) is 105 cm³/mol. The summed E-state index contributed by atoms with van der Waals surface area (Å²) in [5, 5.41) is 7.34. The molecule has 8 heteroatoms. The summed E-state index contributed by atoms with van der Waals surface area (Å²) in [7, 11) is 1.80. The van der Waals surface area contributed by atoms with E-state index in [2.05, 4.69) is 10.4 Å². The largest absolute Gasteiger partial charge is 0.493 e. The van der Waals surface area contributed by atoms with Gasteiger partial charge in [0.1, 0.15) is 18.4 Å². The van der Waals surface area contributed by atoms with Crippen LogP contribution in [0.1, 0.15) is 42.2 Å². The third-order valence-electron chi connectivity index (χ3n) is 5.68. The molecular weight excluding hydrogens is 372 g/mol. The van der Waals surface area contributed by atoms with E-state index in [-0.39, 0.29) is 24.5 Å². The number of aromatic nitrogens is 2. The number of amides is 2. The maximum absolute atomic E-state index is 13.3. The van der Waals surface area contributed by atoms with Gasteiger partial charge in [0.25, 0.3) is 5.91 Å². The van der Waals surface area contributed by atoms with E-state index in [0.717, 1.165) is 22.6 Å². The predicted octanol–water partition coefficient (Wildman–Crippen LogP) is 1.66. The Bertz CT molecular complexity index is 925. The van der Waals surface area contributed by atoms with Crippen LogP contribution in [0.25, 0.3) is 0 Å². The Labute approximate surface area is 169 Å². The SMILES string of the molecule is CCN1C(=O)CO[C@H](C(=O)N[C@@H]2CCOc3c(C)cccc32)[C@H]1c1ccnn1C. The van der Waals surface area contributed by atoms with Crippen LogP contribution in [0.2, 0.25) is 0 Å². The zero-order valence-electron chi connectivity index (χ0n) is 16.9. The Hall–Kier alpha value is -2.87. The average Bonchev–Trinajstić information content (AvgIpc) is 3.14. The highest BCUT2D eigenvalue weighted by Gasteiger charge is 2.43. The van der Waals surface area contributed by atoms with Gasteiger partial charge in [-0.2, -0.15) is 5.10 Å². The molecular formula is C21H26N4O4. The lowest BCUT2D eigenvalue weighted by Crippen LogP contribution is -2.55. The number of benzene rings is 1. The molecule has 1 aromatic carbocycles. The van der Waals surface area contributed by atoms with E-state index in [0.29, 0.717) is 19.6 Å². The average molecular weight is 398 g/mol. The van der Waals surface area contributed by atoms with E-state index in [1.807, 2.05) is 38.1 Å². The van der Waals surface area contributed by atoms with E-state index >= 15 is 0 Å². The maximum atomic E-state index is 13.3. The van der Waals surface area contributed by atoms with Gasteiger partial charge in [0, 0.05) is 31.8 Å². The highest BCUT2D eigenvalue weighted by molar-refractivity contribution is 5.86. The normalized spacial score (nSPS) is 24.0. The van der Waals surface area contributed by atoms with Gasteiger partial charge in [-0.1, -0.05) is 18.2 Å². The number of hydrogen-bond acceptors (Lipinski definition) is 5. The number of morpholine rings is 1. The van der Waals surface area contributed by atoms with Crippen LogP contribution in [0.5, 0.6) is 5.75 Å². The van der Waals surface area contributed by atoms with E-state index in [1.165, 1.54) is 0 Å².